The Hall–Kier alpha value is -2.53. The highest BCUT2D eigenvalue weighted by Gasteiger charge is 2.15. The third-order valence-electron chi connectivity index (χ3n) is 5.14. The fourth-order valence-electron chi connectivity index (χ4n) is 3.45. The molecule has 0 bridgehead atoms. The van der Waals surface area contributed by atoms with Crippen molar-refractivity contribution in [1.82, 2.24) is 14.9 Å². The van der Waals surface area contributed by atoms with Gasteiger partial charge in [0.2, 0.25) is 5.91 Å². The van der Waals surface area contributed by atoms with Crippen molar-refractivity contribution in [3.8, 4) is 5.75 Å². The van der Waals surface area contributed by atoms with Crippen LogP contribution in [-0.2, 0) is 17.8 Å². The first-order valence-corrected chi connectivity index (χ1v) is 10.6. The molecule has 0 aliphatic rings. The molecule has 0 saturated heterocycles. The number of hydrogen-bond donors (Lipinski definition) is 1. The van der Waals surface area contributed by atoms with Gasteiger partial charge >= 0.3 is 0 Å². The second kappa shape index (κ2) is 10.3. The largest absolute Gasteiger partial charge is 0.492 e. The van der Waals surface area contributed by atoms with Crippen molar-refractivity contribution in [2.24, 2.45) is 5.92 Å². The smallest absolute Gasteiger partial charge is 0.223 e. The number of carbonyl (C=O) groups excluding carboxylic acids is 1. The molecular formula is C23H28ClN3O2. The van der Waals surface area contributed by atoms with Crippen LogP contribution in [0.4, 0.5) is 0 Å². The van der Waals surface area contributed by atoms with Crippen LogP contribution in [0.25, 0.3) is 11.0 Å². The zero-order chi connectivity index (χ0) is 20.6. The van der Waals surface area contributed by atoms with E-state index in [9.17, 15) is 4.79 Å². The summed E-state index contributed by atoms with van der Waals surface area (Å²) in [5.41, 5.74) is 2.04. The Morgan fingerprint density at radius 1 is 1.14 bits per heavy atom. The Bertz CT molecular complexity index is 933. The second-order valence-corrected chi connectivity index (χ2v) is 7.46. The van der Waals surface area contributed by atoms with Crippen LogP contribution in [0.15, 0.2) is 48.5 Å². The number of imidazole rings is 1. The first-order chi connectivity index (χ1) is 14.1. The van der Waals surface area contributed by atoms with Crippen LogP contribution in [0.5, 0.6) is 5.75 Å². The van der Waals surface area contributed by atoms with E-state index in [-0.39, 0.29) is 11.8 Å². The van der Waals surface area contributed by atoms with E-state index < -0.39 is 0 Å². The van der Waals surface area contributed by atoms with Gasteiger partial charge in [0.25, 0.3) is 0 Å². The number of fused-ring (bicyclic) bond motifs is 1. The molecule has 5 nitrogen and oxygen atoms in total. The van der Waals surface area contributed by atoms with Gasteiger partial charge in [-0.15, -0.1) is 0 Å². The third-order valence-corrected chi connectivity index (χ3v) is 5.39. The van der Waals surface area contributed by atoms with Gasteiger partial charge in [0.1, 0.15) is 18.2 Å². The third kappa shape index (κ3) is 5.51. The number of nitrogens with one attached hydrogen (secondary N) is 1. The Kier molecular flexibility index (Phi) is 7.53. The van der Waals surface area contributed by atoms with Crippen LogP contribution < -0.4 is 10.1 Å². The molecule has 1 heterocycles. The highest BCUT2D eigenvalue weighted by atomic mass is 35.5. The number of carbonyl (C=O) groups is 1. The van der Waals surface area contributed by atoms with Crippen LogP contribution in [0.1, 0.15) is 32.5 Å². The summed E-state index contributed by atoms with van der Waals surface area (Å²) in [5.74, 6) is 1.96. The fraction of sp³-hybridized carbons (Fsp3) is 0.391. The Labute approximate surface area is 177 Å². The van der Waals surface area contributed by atoms with Crippen LogP contribution >= 0.6 is 11.6 Å². The molecule has 154 valence electrons. The average molecular weight is 414 g/mol. The van der Waals surface area contributed by atoms with Crippen molar-refractivity contribution in [2.45, 2.75) is 39.7 Å². The predicted octanol–water partition coefficient (Wildman–Crippen LogP) is 4.86. The maximum absolute atomic E-state index is 12.2. The number of benzene rings is 2. The lowest BCUT2D eigenvalue weighted by atomic mass is 10.0. The van der Waals surface area contributed by atoms with Crippen molar-refractivity contribution >= 4 is 28.5 Å². The fourth-order valence-corrected chi connectivity index (χ4v) is 3.58. The van der Waals surface area contributed by atoms with E-state index in [0.29, 0.717) is 31.1 Å². The van der Waals surface area contributed by atoms with Crippen molar-refractivity contribution in [1.29, 1.82) is 0 Å². The molecule has 1 amide bonds. The van der Waals surface area contributed by atoms with E-state index in [1.54, 1.807) is 0 Å². The summed E-state index contributed by atoms with van der Waals surface area (Å²) in [6.45, 7) is 5.88. The normalized spacial score (nSPS) is 11.2. The lowest BCUT2D eigenvalue weighted by Crippen LogP contribution is -2.32. The molecule has 0 aliphatic carbocycles. The maximum atomic E-state index is 12.2. The molecule has 2 aromatic carbocycles. The first-order valence-electron chi connectivity index (χ1n) is 10.2. The number of aromatic nitrogens is 2. The molecule has 1 aromatic heterocycles. The summed E-state index contributed by atoms with van der Waals surface area (Å²) >= 11 is 5.92. The zero-order valence-corrected chi connectivity index (χ0v) is 17.8. The minimum Gasteiger partial charge on any atom is -0.492 e. The minimum absolute atomic E-state index is 0.0848. The number of halogens is 1. The monoisotopic (exact) mass is 413 g/mol. The van der Waals surface area contributed by atoms with E-state index in [0.717, 1.165) is 35.4 Å². The summed E-state index contributed by atoms with van der Waals surface area (Å²) in [5, 5.41) is 3.75. The van der Waals surface area contributed by atoms with E-state index in [1.165, 1.54) is 0 Å². The number of nitrogens with zero attached hydrogens (tertiary/aromatic N) is 2. The van der Waals surface area contributed by atoms with Gasteiger partial charge in [-0.1, -0.05) is 37.6 Å². The average Bonchev–Trinajstić information content (AvgIpc) is 3.08. The number of hydrogen-bond acceptors (Lipinski definition) is 3. The van der Waals surface area contributed by atoms with Crippen LogP contribution in [0, 0.1) is 5.92 Å². The van der Waals surface area contributed by atoms with Crippen molar-refractivity contribution in [2.75, 3.05) is 13.2 Å². The van der Waals surface area contributed by atoms with E-state index >= 15 is 0 Å². The Balaban J connectivity index is 1.65. The van der Waals surface area contributed by atoms with Gasteiger partial charge < -0.3 is 14.6 Å². The molecule has 3 aromatic rings. The van der Waals surface area contributed by atoms with E-state index in [1.807, 2.05) is 56.3 Å². The first kappa shape index (κ1) is 21.2. The molecule has 29 heavy (non-hydrogen) atoms. The highest BCUT2D eigenvalue weighted by Crippen LogP contribution is 2.18. The van der Waals surface area contributed by atoms with Crippen molar-refractivity contribution in [3.63, 3.8) is 0 Å². The molecule has 1 N–H and O–H groups in total. The quantitative estimate of drug-likeness (QED) is 0.516. The molecule has 3 rings (SSSR count). The van der Waals surface area contributed by atoms with Crippen molar-refractivity contribution in [3.05, 3.63) is 59.4 Å². The van der Waals surface area contributed by atoms with Crippen LogP contribution in [-0.4, -0.2) is 28.6 Å². The van der Waals surface area contributed by atoms with Crippen LogP contribution in [0.3, 0.4) is 0 Å². The molecular weight excluding hydrogens is 386 g/mol. The SMILES string of the molecule is CCC(CC)C(=O)NCCc1nc2ccccc2n1CCOc1ccc(Cl)cc1. The summed E-state index contributed by atoms with van der Waals surface area (Å²) in [6, 6.07) is 15.4. The summed E-state index contributed by atoms with van der Waals surface area (Å²) in [4.78, 5) is 17.0. The van der Waals surface area contributed by atoms with Gasteiger partial charge in [-0.2, -0.15) is 0 Å². The second-order valence-electron chi connectivity index (χ2n) is 7.03. The molecule has 0 fully saturated rings. The number of amides is 1. The minimum atomic E-state index is 0.0848. The van der Waals surface area contributed by atoms with E-state index in [4.69, 9.17) is 21.3 Å². The summed E-state index contributed by atoms with van der Waals surface area (Å²) in [7, 11) is 0. The maximum Gasteiger partial charge on any atom is 0.223 e. The zero-order valence-electron chi connectivity index (χ0n) is 17.0. The topological polar surface area (TPSA) is 56.2 Å². The Morgan fingerprint density at radius 2 is 1.86 bits per heavy atom. The van der Waals surface area contributed by atoms with Gasteiger partial charge in [-0.05, 0) is 49.2 Å². The van der Waals surface area contributed by atoms with Crippen molar-refractivity contribution < 1.29 is 9.53 Å². The summed E-state index contributed by atoms with van der Waals surface area (Å²) < 4.78 is 8.04. The molecule has 0 saturated carbocycles. The number of rotatable bonds is 10. The standard InChI is InChI=1S/C23H28ClN3O2/c1-3-17(4-2)23(28)25-14-13-22-26-20-7-5-6-8-21(20)27(22)15-16-29-19-11-9-18(24)10-12-19/h5-12,17H,3-4,13-16H2,1-2H3,(H,25,28). The van der Waals surface area contributed by atoms with Gasteiger partial charge in [-0.3, -0.25) is 4.79 Å². The van der Waals surface area contributed by atoms with E-state index in [2.05, 4.69) is 16.0 Å². The molecule has 0 aliphatic heterocycles. The molecule has 0 radical (unpaired) electrons. The molecule has 6 heteroatoms. The summed E-state index contributed by atoms with van der Waals surface area (Å²) in [6.07, 6.45) is 2.41. The molecule has 0 unspecified atom stereocenters. The van der Waals surface area contributed by atoms with Gasteiger partial charge in [0.15, 0.2) is 0 Å². The molecule has 0 atom stereocenters. The van der Waals surface area contributed by atoms with Crippen LogP contribution in [0.2, 0.25) is 5.02 Å². The predicted molar refractivity (Wildman–Crippen MR) is 117 cm³/mol. The Morgan fingerprint density at radius 3 is 2.59 bits per heavy atom. The number of ether oxygens (including phenoxy) is 1. The van der Waals surface area contributed by atoms with Gasteiger partial charge in [0.05, 0.1) is 17.6 Å². The number of para-hydroxylation sites is 2. The lowest BCUT2D eigenvalue weighted by Gasteiger charge is -2.14. The highest BCUT2D eigenvalue weighted by molar-refractivity contribution is 6.30. The van der Waals surface area contributed by atoms with Gasteiger partial charge in [-0.25, -0.2) is 4.98 Å². The van der Waals surface area contributed by atoms with Gasteiger partial charge in [0, 0.05) is 23.9 Å². The lowest BCUT2D eigenvalue weighted by molar-refractivity contribution is -0.125. The molecule has 0 spiro atoms.